The van der Waals surface area contributed by atoms with Crippen molar-refractivity contribution in [3.8, 4) is 5.75 Å². The van der Waals surface area contributed by atoms with Crippen LogP contribution in [0.4, 0.5) is 4.39 Å². The van der Waals surface area contributed by atoms with E-state index in [-0.39, 0.29) is 45.9 Å². The van der Waals surface area contributed by atoms with E-state index in [0.29, 0.717) is 13.2 Å². The third-order valence-corrected chi connectivity index (χ3v) is 4.87. The molecule has 0 aliphatic carbocycles. The van der Waals surface area contributed by atoms with Crippen molar-refractivity contribution in [3.63, 3.8) is 0 Å². The molecule has 0 amide bonds. The van der Waals surface area contributed by atoms with Gasteiger partial charge < -0.3 is 14.5 Å². The molecule has 29 heavy (non-hydrogen) atoms. The Morgan fingerprint density at radius 2 is 2.21 bits per heavy atom. The number of ketones is 2. The van der Waals surface area contributed by atoms with Crippen molar-refractivity contribution in [1.29, 1.82) is 0 Å². The molecule has 2 aromatic heterocycles. The van der Waals surface area contributed by atoms with Crippen LogP contribution in [0.2, 0.25) is 5.02 Å². The summed E-state index contributed by atoms with van der Waals surface area (Å²) in [6, 6.07) is 4.19. The minimum Gasteiger partial charge on any atom is -0.482 e. The Balaban J connectivity index is 1.55. The fourth-order valence-electron chi connectivity index (χ4n) is 2.97. The Morgan fingerprint density at radius 1 is 1.41 bits per heavy atom. The van der Waals surface area contributed by atoms with Crippen LogP contribution in [0, 0.1) is 5.82 Å². The standard InChI is InChI=1S/C20H17ClFN3O4/c1-25-8-11(6-24-25)4-16(26)15-5-12(7-23-15)20(27)18-14(21)2-3-17(19(18)22)29-13-9-28-10-13/h2-3,5-8,13,23H,4,9-10H2,1H3. The summed E-state index contributed by atoms with van der Waals surface area (Å²) in [6.07, 6.45) is 4.57. The number of nitrogens with zero attached hydrogens (tertiary/aromatic N) is 2. The number of hydrogen-bond acceptors (Lipinski definition) is 5. The van der Waals surface area contributed by atoms with E-state index in [9.17, 15) is 14.0 Å². The Hall–Kier alpha value is -2.97. The summed E-state index contributed by atoms with van der Waals surface area (Å²) in [5, 5.41) is 3.99. The molecule has 1 aromatic carbocycles. The van der Waals surface area contributed by atoms with Gasteiger partial charge in [-0.2, -0.15) is 5.10 Å². The van der Waals surface area contributed by atoms with Crippen molar-refractivity contribution in [2.45, 2.75) is 12.5 Å². The number of carbonyl (C=O) groups is 2. The maximum atomic E-state index is 14.9. The van der Waals surface area contributed by atoms with Crippen LogP contribution in [-0.2, 0) is 18.2 Å². The lowest BCUT2D eigenvalue weighted by Crippen LogP contribution is -2.38. The molecule has 1 aliphatic rings. The number of carbonyl (C=O) groups excluding carboxylic acids is 2. The number of rotatable bonds is 7. The first kappa shape index (κ1) is 19.4. The van der Waals surface area contributed by atoms with Crippen LogP contribution < -0.4 is 4.74 Å². The lowest BCUT2D eigenvalue weighted by atomic mass is 10.0. The maximum Gasteiger partial charge on any atom is 0.199 e. The monoisotopic (exact) mass is 417 g/mol. The molecule has 3 aromatic rings. The molecule has 0 spiro atoms. The van der Waals surface area contributed by atoms with E-state index in [1.54, 1.807) is 24.1 Å². The molecule has 0 unspecified atom stereocenters. The van der Waals surface area contributed by atoms with Gasteiger partial charge in [0.15, 0.2) is 23.1 Å². The van der Waals surface area contributed by atoms with Crippen LogP contribution in [0.1, 0.15) is 32.0 Å². The van der Waals surface area contributed by atoms with E-state index in [2.05, 4.69) is 10.1 Å². The first-order valence-corrected chi connectivity index (χ1v) is 9.26. The molecule has 9 heteroatoms. The fraction of sp³-hybridized carbons (Fsp3) is 0.250. The van der Waals surface area contributed by atoms with Crippen LogP contribution in [0.25, 0.3) is 0 Å². The van der Waals surface area contributed by atoms with Crippen molar-refractivity contribution < 1.29 is 23.5 Å². The highest BCUT2D eigenvalue weighted by molar-refractivity contribution is 6.35. The van der Waals surface area contributed by atoms with Crippen LogP contribution in [0.5, 0.6) is 5.75 Å². The van der Waals surface area contributed by atoms with Gasteiger partial charge in [0, 0.05) is 31.4 Å². The molecular weight excluding hydrogens is 401 g/mol. The van der Waals surface area contributed by atoms with Crippen LogP contribution >= 0.6 is 11.6 Å². The van der Waals surface area contributed by atoms with E-state index in [0.717, 1.165) is 5.56 Å². The molecule has 0 atom stereocenters. The van der Waals surface area contributed by atoms with Crippen LogP contribution in [-0.4, -0.2) is 45.6 Å². The smallest absolute Gasteiger partial charge is 0.199 e. The Labute approximate surface area is 170 Å². The van der Waals surface area contributed by atoms with Gasteiger partial charge in [0.1, 0.15) is 6.10 Å². The van der Waals surface area contributed by atoms with Gasteiger partial charge in [0.25, 0.3) is 0 Å². The molecule has 1 aliphatic heterocycles. The summed E-state index contributed by atoms with van der Waals surface area (Å²) in [4.78, 5) is 28.1. The van der Waals surface area contributed by atoms with E-state index in [1.165, 1.54) is 24.4 Å². The number of hydrogen-bond donors (Lipinski definition) is 1. The van der Waals surface area contributed by atoms with Crippen LogP contribution in [0.3, 0.4) is 0 Å². The van der Waals surface area contributed by atoms with Gasteiger partial charge in [-0.3, -0.25) is 14.3 Å². The van der Waals surface area contributed by atoms with E-state index in [4.69, 9.17) is 21.1 Å². The molecule has 3 heterocycles. The number of nitrogens with one attached hydrogen (secondary N) is 1. The van der Waals surface area contributed by atoms with Crippen LogP contribution in [0.15, 0.2) is 36.8 Å². The summed E-state index contributed by atoms with van der Waals surface area (Å²) in [5.74, 6) is -1.75. The van der Waals surface area contributed by atoms with Gasteiger partial charge in [0.2, 0.25) is 0 Å². The van der Waals surface area contributed by atoms with E-state index in [1.807, 2.05) is 0 Å². The third-order valence-electron chi connectivity index (χ3n) is 4.55. The number of ether oxygens (including phenoxy) is 2. The zero-order valence-corrected chi connectivity index (χ0v) is 16.2. The zero-order chi connectivity index (χ0) is 20.5. The summed E-state index contributed by atoms with van der Waals surface area (Å²) in [7, 11) is 1.76. The molecule has 4 rings (SSSR count). The fourth-order valence-corrected chi connectivity index (χ4v) is 3.20. The third kappa shape index (κ3) is 3.94. The molecule has 1 N–H and O–H groups in total. The lowest BCUT2D eigenvalue weighted by molar-refractivity contribution is -0.0809. The molecular formula is C20H17ClFN3O4. The second-order valence-corrected chi connectivity index (χ2v) is 7.17. The molecule has 0 radical (unpaired) electrons. The molecule has 7 nitrogen and oxygen atoms in total. The summed E-state index contributed by atoms with van der Waals surface area (Å²) in [5.41, 5.74) is 0.825. The average molecular weight is 418 g/mol. The highest BCUT2D eigenvalue weighted by atomic mass is 35.5. The molecule has 1 saturated heterocycles. The molecule has 0 bridgehead atoms. The second kappa shape index (κ2) is 7.81. The Bertz CT molecular complexity index is 1090. The largest absolute Gasteiger partial charge is 0.482 e. The molecule has 1 fully saturated rings. The quantitative estimate of drug-likeness (QED) is 0.597. The van der Waals surface area contributed by atoms with Gasteiger partial charge in [0.05, 0.1) is 35.7 Å². The molecule has 0 saturated carbocycles. The lowest BCUT2D eigenvalue weighted by Gasteiger charge is -2.27. The predicted molar refractivity (Wildman–Crippen MR) is 102 cm³/mol. The summed E-state index contributed by atoms with van der Waals surface area (Å²) < 4.78 is 27.0. The normalized spacial score (nSPS) is 13.9. The maximum absolute atomic E-state index is 14.9. The Morgan fingerprint density at radius 3 is 2.86 bits per heavy atom. The second-order valence-electron chi connectivity index (χ2n) is 6.77. The number of Topliss-reactive ketones (excluding diaryl/α,β-unsaturated/α-hetero) is 1. The van der Waals surface area contributed by atoms with E-state index >= 15 is 0 Å². The number of aromatic amines is 1. The van der Waals surface area contributed by atoms with Gasteiger partial charge in [-0.1, -0.05) is 11.6 Å². The number of halogens is 2. The highest BCUT2D eigenvalue weighted by Crippen LogP contribution is 2.31. The topological polar surface area (TPSA) is 86.2 Å². The minimum absolute atomic E-state index is 0.0332. The number of benzene rings is 1. The summed E-state index contributed by atoms with van der Waals surface area (Å²) in [6.45, 7) is 0.733. The van der Waals surface area contributed by atoms with Gasteiger partial charge in [-0.15, -0.1) is 0 Å². The Kier molecular flexibility index (Phi) is 5.21. The van der Waals surface area contributed by atoms with Crippen molar-refractivity contribution in [2.24, 2.45) is 7.05 Å². The first-order valence-electron chi connectivity index (χ1n) is 8.88. The highest BCUT2D eigenvalue weighted by Gasteiger charge is 2.26. The van der Waals surface area contributed by atoms with Crippen molar-refractivity contribution >= 4 is 23.2 Å². The average Bonchev–Trinajstić information content (AvgIpc) is 3.29. The van der Waals surface area contributed by atoms with Crippen molar-refractivity contribution in [2.75, 3.05) is 13.2 Å². The van der Waals surface area contributed by atoms with Crippen molar-refractivity contribution in [1.82, 2.24) is 14.8 Å². The van der Waals surface area contributed by atoms with Gasteiger partial charge in [-0.25, -0.2) is 4.39 Å². The first-order chi connectivity index (χ1) is 13.9. The van der Waals surface area contributed by atoms with Crippen molar-refractivity contribution in [3.05, 3.63) is 70.0 Å². The minimum atomic E-state index is -0.834. The number of aromatic nitrogens is 3. The van der Waals surface area contributed by atoms with Gasteiger partial charge in [-0.05, 0) is 23.8 Å². The number of aryl methyl sites for hydroxylation is 1. The summed E-state index contributed by atoms with van der Waals surface area (Å²) >= 11 is 6.08. The molecule has 150 valence electrons. The predicted octanol–water partition coefficient (Wildman–Crippen LogP) is 2.97. The van der Waals surface area contributed by atoms with E-state index < -0.39 is 11.6 Å². The number of H-pyrrole nitrogens is 1. The van der Waals surface area contributed by atoms with Gasteiger partial charge >= 0.3 is 0 Å². The zero-order valence-electron chi connectivity index (χ0n) is 15.4. The SMILES string of the molecule is Cn1cc(CC(=O)c2cc(C(=O)c3c(Cl)ccc(OC4COC4)c3F)c[nH]2)cn1.